The second kappa shape index (κ2) is 6.90. The maximum Gasteiger partial charge on any atom is 0.322 e. The maximum absolute atomic E-state index is 13.0. The van der Waals surface area contributed by atoms with Crippen LogP contribution in [0.2, 0.25) is 0 Å². The number of likely N-dealkylation sites (tertiary alicyclic amines) is 1. The Labute approximate surface area is 150 Å². The van der Waals surface area contributed by atoms with Crippen LogP contribution in [0.25, 0.3) is 0 Å². The molecule has 1 fully saturated rings. The van der Waals surface area contributed by atoms with E-state index in [1.54, 1.807) is 4.68 Å². The smallest absolute Gasteiger partial charge is 0.317 e. The lowest BCUT2D eigenvalue weighted by atomic mass is 9.96. The number of anilines is 1. The molecule has 25 heavy (non-hydrogen) atoms. The normalized spacial score (nSPS) is 17.4. The van der Waals surface area contributed by atoms with Crippen molar-refractivity contribution in [1.82, 2.24) is 14.7 Å². The molecule has 0 aliphatic carbocycles. The molecule has 0 spiro atoms. The van der Waals surface area contributed by atoms with Gasteiger partial charge in [-0.3, -0.25) is 4.68 Å². The summed E-state index contributed by atoms with van der Waals surface area (Å²) in [4.78, 5) is 14.9. The SMILES string of the molecule is Cc1cccc(C2CCCN2C(=O)Nc2cn(C)nc2C(C)C)c1C. The van der Waals surface area contributed by atoms with Crippen LogP contribution < -0.4 is 5.32 Å². The molecule has 1 unspecified atom stereocenters. The third-order valence-corrected chi connectivity index (χ3v) is 5.17. The van der Waals surface area contributed by atoms with Gasteiger partial charge in [0.05, 0.1) is 17.4 Å². The van der Waals surface area contributed by atoms with Gasteiger partial charge in [0.15, 0.2) is 0 Å². The van der Waals surface area contributed by atoms with Crippen LogP contribution in [0.4, 0.5) is 10.5 Å². The lowest BCUT2D eigenvalue weighted by molar-refractivity contribution is 0.207. The largest absolute Gasteiger partial charge is 0.322 e. The first-order chi connectivity index (χ1) is 11.9. The number of rotatable bonds is 3. The molecule has 3 rings (SSSR count). The van der Waals surface area contributed by atoms with E-state index in [0.29, 0.717) is 0 Å². The molecule has 5 heteroatoms. The molecule has 1 aromatic carbocycles. The number of nitrogens with one attached hydrogen (secondary N) is 1. The predicted molar refractivity (Wildman–Crippen MR) is 101 cm³/mol. The average molecular weight is 340 g/mol. The van der Waals surface area contributed by atoms with Crippen LogP contribution in [0, 0.1) is 13.8 Å². The Morgan fingerprint density at radius 3 is 2.80 bits per heavy atom. The van der Waals surface area contributed by atoms with Gasteiger partial charge in [-0.15, -0.1) is 0 Å². The highest BCUT2D eigenvalue weighted by molar-refractivity contribution is 5.90. The summed E-state index contributed by atoms with van der Waals surface area (Å²) in [6.45, 7) is 9.25. The Bertz CT molecular complexity index is 778. The molecule has 1 N–H and O–H groups in total. The number of hydrogen-bond donors (Lipinski definition) is 1. The monoisotopic (exact) mass is 340 g/mol. The minimum Gasteiger partial charge on any atom is -0.317 e. The van der Waals surface area contributed by atoms with Crippen molar-refractivity contribution >= 4 is 11.7 Å². The Hall–Kier alpha value is -2.30. The van der Waals surface area contributed by atoms with E-state index in [1.807, 2.05) is 18.1 Å². The van der Waals surface area contributed by atoms with Crippen LogP contribution in [-0.2, 0) is 7.05 Å². The van der Waals surface area contributed by atoms with Crippen molar-refractivity contribution in [2.24, 2.45) is 7.05 Å². The van der Waals surface area contributed by atoms with E-state index in [4.69, 9.17) is 0 Å². The van der Waals surface area contributed by atoms with E-state index in [-0.39, 0.29) is 18.0 Å². The highest BCUT2D eigenvalue weighted by Crippen LogP contribution is 2.35. The lowest BCUT2D eigenvalue weighted by Crippen LogP contribution is -2.35. The molecule has 5 nitrogen and oxygen atoms in total. The molecule has 0 saturated carbocycles. The number of benzene rings is 1. The molecule has 0 bridgehead atoms. The van der Waals surface area contributed by atoms with Crippen molar-refractivity contribution in [2.45, 2.75) is 52.5 Å². The molecule has 134 valence electrons. The molecule has 1 aliphatic heterocycles. The second-order valence-electron chi connectivity index (χ2n) is 7.33. The van der Waals surface area contributed by atoms with Gasteiger partial charge in [0, 0.05) is 19.8 Å². The van der Waals surface area contributed by atoms with Crippen molar-refractivity contribution in [3.05, 3.63) is 46.8 Å². The number of aromatic nitrogens is 2. The Kier molecular flexibility index (Phi) is 4.84. The van der Waals surface area contributed by atoms with Crippen LogP contribution in [0.5, 0.6) is 0 Å². The lowest BCUT2D eigenvalue weighted by Gasteiger charge is -2.27. The molecule has 1 aromatic heterocycles. The van der Waals surface area contributed by atoms with Crippen LogP contribution in [0.1, 0.15) is 61.0 Å². The summed E-state index contributed by atoms with van der Waals surface area (Å²) in [5, 5.41) is 7.57. The third-order valence-electron chi connectivity index (χ3n) is 5.17. The van der Waals surface area contributed by atoms with Crippen LogP contribution >= 0.6 is 0 Å². The predicted octanol–water partition coefficient (Wildman–Crippen LogP) is 4.53. The quantitative estimate of drug-likeness (QED) is 0.892. The highest BCUT2D eigenvalue weighted by Gasteiger charge is 2.31. The van der Waals surface area contributed by atoms with Crippen molar-refractivity contribution in [2.75, 3.05) is 11.9 Å². The Morgan fingerprint density at radius 2 is 2.08 bits per heavy atom. The zero-order chi connectivity index (χ0) is 18.1. The molecule has 1 saturated heterocycles. The van der Waals surface area contributed by atoms with Crippen LogP contribution in [0.3, 0.4) is 0 Å². The summed E-state index contributed by atoms with van der Waals surface area (Å²) in [5.74, 6) is 0.268. The van der Waals surface area contributed by atoms with Crippen LogP contribution in [0.15, 0.2) is 24.4 Å². The first kappa shape index (κ1) is 17.5. The second-order valence-corrected chi connectivity index (χ2v) is 7.33. The third kappa shape index (κ3) is 3.41. The van der Waals surface area contributed by atoms with Gasteiger partial charge in [0.25, 0.3) is 0 Å². The average Bonchev–Trinajstić information content (AvgIpc) is 3.16. The number of urea groups is 1. The molecular weight excluding hydrogens is 312 g/mol. The number of amides is 2. The number of carbonyl (C=O) groups excluding carboxylic acids is 1. The summed E-state index contributed by atoms with van der Waals surface area (Å²) in [7, 11) is 1.89. The zero-order valence-electron chi connectivity index (χ0n) is 15.8. The van der Waals surface area contributed by atoms with E-state index in [9.17, 15) is 4.79 Å². The van der Waals surface area contributed by atoms with Gasteiger partial charge >= 0.3 is 6.03 Å². The maximum atomic E-state index is 13.0. The van der Waals surface area contributed by atoms with E-state index in [0.717, 1.165) is 30.8 Å². The molecule has 2 heterocycles. The Morgan fingerprint density at radius 1 is 1.32 bits per heavy atom. The van der Waals surface area contributed by atoms with E-state index < -0.39 is 0 Å². The minimum atomic E-state index is -0.0293. The van der Waals surface area contributed by atoms with Gasteiger partial charge in [-0.25, -0.2) is 4.79 Å². The van der Waals surface area contributed by atoms with Crippen molar-refractivity contribution in [1.29, 1.82) is 0 Å². The summed E-state index contributed by atoms with van der Waals surface area (Å²) < 4.78 is 1.76. The van der Waals surface area contributed by atoms with Gasteiger partial charge in [-0.2, -0.15) is 5.10 Å². The minimum absolute atomic E-state index is 0.0293. The topological polar surface area (TPSA) is 50.2 Å². The Balaban J connectivity index is 1.83. The number of aryl methyl sites for hydroxylation is 2. The van der Waals surface area contributed by atoms with Gasteiger partial charge in [-0.1, -0.05) is 32.0 Å². The van der Waals surface area contributed by atoms with Crippen LogP contribution in [-0.4, -0.2) is 27.3 Å². The number of nitrogens with zero attached hydrogens (tertiary/aromatic N) is 3. The van der Waals surface area contributed by atoms with E-state index in [2.05, 4.69) is 56.3 Å². The molecule has 1 atom stereocenters. The fourth-order valence-electron chi connectivity index (χ4n) is 3.68. The van der Waals surface area contributed by atoms with Crippen molar-refractivity contribution < 1.29 is 4.79 Å². The first-order valence-electron chi connectivity index (χ1n) is 9.05. The van der Waals surface area contributed by atoms with Crippen molar-refractivity contribution in [3.8, 4) is 0 Å². The summed E-state index contributed by atoms with van der Waals surface area (Å²) in [6.07, 6.45) is 3.94. The molecule has 2 aromatic rings. The van der Waals surface area contributed by atoms with E-state index in [1.165, 1.54) is 16.7 Å². The fraction of sp³-hybridized carbons (Fsp3) is 0.500. The molecule has 0 radical (unpaired) electrons. The zero-order valence-corrected chi connectivity index (χ0v) is 15.8. The standard InChI is InChI=1S/C20H28N4O/c1-13(2)19-17(12-23(5)22-19)21-20(25)24-11-7-10-18(24)16-9-6-8-14(3)15(16)4/h6,8-9,12-13,18H,7,10-11H2,1-5H3,(H,21,25). The summed E-state index contributed by atoms with van der Waals surface area (Å²) >= 11 is 0. The van der Waals surface area contributed by atoms with Crippen molar-refractivity contribution in [3.63, 3.8) is 0 Å². The highest BCUT2D eigenvalue weighted by atomic mass is 16.2. The number of carbonyl (C=O) groups is 1. The number of hydrogen-bond acceptors (Lipinski definition) is 2. The summed E-state index contributed by atoms with van der Waals surface area (Å²) in [5.41, 5.74) is 5.57. The fourth-order valence-corrected chi connectivity index (χ4v) is 3.68. The summed E-state index contributed by atoms with van der Waals surface area (Å²) in [6, 6.07) is 6.49. The molecular formula is C20H28N4O. The molecule has 2 amide bonds. The van der Waals surface area contributed by atoms with Gasteiger partial charge < -0.3 is 10.2 Å². The van der Waals surface area contributed by atoms with Gasteiger partial charge in [0.2, 0.25) is 0 Å². The molecule has 1 aliphatic rings. The van der Waals surface area contributed by atoms with Gasteiger partial charge in [-0.05, 0) is 49.3 Å². The van der Waals surface area contributed by atoms with E-state index >= 15 is 0 Å². The first-order valence-corrected chi connectivity index (χ1v) is 9.05. The van der Waals surface area contributed by atoms with Gasteiger partial charge in [0.1, 0.15) is 0 Å².